The van der Waals surface area contributed by atoms with Gasteiger partial charge < -0.3 is 0 Å². The highest BCUT2D eigenvalue weighted by Crippen LogP contribution is 2.01. The van der Waals surface area contributed by atoms with Gasteiger partial charge in [0, 0.05) is 12.1 Å². The van der Waals surface area contributed by atoms with Gasteiger partial charge in [-0.05, 0) is 13.3 Å². The molecule has 0 aromatic rings. The first-order valence-corrected chi connectivity index (χ1v) is 4.15. The van der Waals surface area contributed by atoms with Gasteiger partial charge in [0.05, 0.1) is 7.11 Å². The van der Waals surface area contributed by atoms with E-state index in [0.717, 1.165) is 12.8 Å². The first-order valence-electron chi connectivity index (χ1n) is 4.15. The molecule has 0 aromatic heterocycles. The fourth-order valence-electron chi connectivity index (χ4n) is 0.790. The molecule has 0 unspecified atom stereocenters. The predicted octanol–water partition coefficient (Wildman–Crippen LogP) is 1.75. The maximum atomic E-state index is 11.3. The summed E-state index contributed by atoms with van der Waals surface area (Å²) < 4.78 is 0. The van der Waals surface area contributed by atoms with E-state index < -0.39 is 0 Å². The molecule has 0 radical (unpaired) electrons. The molecule has 0 aromatic carbocycles. The second-order valence-electron chi connectivity index (χ2n) is 2.72. The summed E-state index contributed by atoms with van der Waals surface area (Å²) in [6, 6.07) is 0. The van der Waals surface area contributed by atoms with Gasteiger partial charge in [-0.3, -0.25) is 9.63 Å². The molecule has 1 amide bonds. The molecule has 0 atom stereocenters. The number of hydrogen-bond donors (Lipinski definition) is 0. The first kappa shape index (κ1) is 11.2. The van der Waals surface area contributed by atoms with Gasteiger partial charge in [-0.1, -0.05) is 19.9 Å². The summed E-state index contributed by atoms with van der Waals surface area (Å²) in [6.45, 7) is 7.95. The molecule has 0 fully saturated rings. The molecule has 0 heterocycles. The minimum absolute atomic E-state index is 0.133. The minimum Gasteiger partial charge on any atom is -0.274 e. The van der Waals surface area contributed by atoms with Crippen molar-refractivity contribution < 1.29 is 9.63 Å². The Balaban J connectivity index is 3.96. The Morgan fingerprint density at radius 1 is 1.58 bits per heavy atom. The van der Waals surface area contributed by atoms with Crippen molar-refractivity contribution in [3.8, 4) is 0 Å². The monoisotopic (exact) mass is 171 g/mol. The number of amides is 1. The molecule has 0 spiro atoms. The summed E-state index contributed by atoms with van der Waals surface area (Å²) in [6.07, 6.45) is 2.00. The maximum Gasteiger partial charge on any atom is 0.272 e. The SMILES string of the molecule is C=C(C)C(=O)N(CCCC)OC. The van der Waals surface area contributed by atoms with E-state index in [1.807, 2.05) is 0 Å². The molecule has 0 saturated heterocycles. The topological polar surface area (TPSA) is 29.5 Å². The molecule has 0 aliphatic rings. The third-order valence-corrected chi connectivity index (χ3v) is 1.53. The number of hydrogen-bond acceptors (Lipinski definition) is 2. The number of carbonyl (C=O) groups is 1. The predicted molar refractivity (Wildman–Crippen MR) is 48.4 cm³/mol. The Labute approximate surface area is 74.0 Å². The molecule has 0 rings (SSSR count). The van der Waals surface area contributed by atoms with E-state index in [4.69, 9.17) is 4.84 Å². The summed E-state index contributed by atoms with van der Waals surface area (Å²) in [4.78, 5) is 16.2. The van der Waals surface area contributed by atoms with Gasteiger partial charge in [0.2, 0.25) is 0 Å². The first-order chi connectivity index (χ1) is 5.63. The van der Waals surface area contributed by atoms with Crippen LogP contribution in [-0.2, 0) is 9.63 Å². The van der Waals surface area contributed by atoms with Crippen LogP contribution in [0.1, 0.15) is 26.7 Å². The van der Waals surface area contributed by atoms with Crippen molar-refractivity contribution in [1.82, 2.24) is 5.06 Å². The molecule has 0 aliphatic carbocycles. The van der Waals surface area contributed by atoms with E-state index in [9.17, 15) is 4.79 Å². The van der Waals surface area contributed by atoms with Gasteiger partial charge in [0.1, 0.15) is 0 Å². The van der Waals surface area contributed by atoms with Crippen molar-refractivity contribution in [3.63, 3.8) is 0 Å². The van der Waals surface area contributed by atoms with Crippen molar-refractivity contribution in [2.45, 2.75) is 26.7 Å². The maximum absolute atomic E-state index is 11.3. The van der Waals surface area contributed by atoms with Crippen LogP contribution < -0.4 is 0 Å². The highest BCUT2D eigenvalue weighted by molar-refractivity contribution is 5.91. The average Bonchev–Trinajstić information content (AvgIpc) is 2.05. The molecule has 0 N–H and O–H groups in total. The van der Waals surface area contributed by atoms with Crippen LogP contribution in [0.25, 0.3) is 0 Å². The van der Waals surface area contributed by atoms with Crippen LogP contribution in [0.3, 0.4) is 0 Å². The summed E-state index contributed by atoms with van der Waals surface area (Å²) in [5.74, 6) is -0.133. The zero-order valence-corrected chi connectivity index (χ0v) is 8.09. The summed E-state index contributed by atoms with van der Waals surface area (Å²) in [7, 11) is 1.50. The normalized spacial score (nSPS) is 9.58. The van der Waals surface area contributed by atoms with E-state index >= 15 is 0 Å². The Morgan fingerprint density at radius 2 is 2.17 bits per heavy atom. The van der Waals surface area contributed by atoms with Crippen LogP contribution in [0.5, 0.6) is 0 Å². The summed E-state index contributed by atoms with van der Waals surface area (Å²) in [5, 5.41) is 1.34. The van der Waals surface area contributed by atoms with E-state index in [1.165, 1.54) is 12.2 Å². The van der Waals surface area contributed by atoms with Crippen molar-refractivity contribution in [1.29, 1.82) is 0 Å². The van der Waals surface area contributed by atoms with E-state index in [2.05, 4.69) is 13.5 Å². The molecular weight excluding hydrogens is 154 g/mol. The quantitative estimate of drug-likeness (QED) is 0.466. The van der Waals surface area contributed by atoms with Gasteiger partial charge in [-0.25, -0.2) is 5.06 Å². The van der Waals surface area contributed by atoms with Gasteiger partial charge >= 0.3 is 0 Å². The standard InChI is InChI=1S/C9H17NO2/c1-5-6-7-10(12-4)9(11)8(2)3/h2,5-7H2,1,3-4H3. The van der Waals surface area contributed by atoms with Crippen molar-refractivity contribution in [2.24, 2.45) is 0 Å². The number of nitrogens with zero attached hydrogens (tertiary/aromatic N) is 1. The van der Waals surface area contributed by atoms with Crippen LogP contribution in [0.15, 0.2) is 12.2 Å². The number of carbonyl (C=O) groups excluding carboxylic acids is 1. The highest BCUT2D eigenvalue weighted by atomic mass is 16.7. The van der Waals surface area contributed by atoms with Gasteiger partial charge in [-0.15, -0.1) is 0 Å². The fraction of sp³-hybridized carbons (Fsp3) is 0.667. The molecule has 3 nitrogen and oxygen atoms in total. The molecule has 0 bridgehead atoms. The molecular formula is C9H17NO2. The highest BCUT2D eigenvalue weighted by Gasteiger charge is 2.11. The zero-order valence-electron chi connectivity index (χ0n) is 8.09. The Bertz CT molecular complexity index is 166. The van der Waals surface area contributed by atoms with Gasteiger partial charge in [0.15, 0.2) is 0 Å². The molecule has 12 heavy (non-hydrogen) atoms. The van der Waals surface area contributed by atoms with Crippen LogP contribution in [0.4, 0.5) is 0 Å². The molecule has 0 aliphatic heterocycles. The summed E-state index contributed by atoms with van der Waals surface area (Å²) >= 11 is 0. The Morgan fingerprint density at radius 3 is 2.50 bits per heavy atom. The van der Waals surface area contributed by atoms with Crippen LogP contribution in [0.2, 0.25) is 0 Å². The smallest absolute Gasteiger partial charge is 0.272 e. The second-order valence-corrected chi connectivity index (χ2v) is 2.72. The van der Waals surface area contributed by atoms with Crippen molar-refractivity contribution in [3.05, 3.63) is 12.2 Å². The van der Waals surface area contributed by atoms with Gasteiger partial charge in [0.25, 0.3) is 5.91 Å². The zero-order chi connectivity index (χ0) is 9.56. The lowest BCUT2D eigenvalue weighted by Crippen LogP contribution is -2.31. The lowest BCUT2D eigenvalue weighted by Gasteiger charge is -2.18. The average molecular weight is 171 g/mol. The minimum atomic E-state index is -0.133. The number of rotatable bonds is 5. The van der Waals surface area contributed by atoms with Crippen LogP contribution in [-0.4, -0.2) is 24.6 Å². The lowest BCUT2D eigenvalue weighted by molar-refractivity contribution is -0.171. The number of hydroxylamine groups is 2. The fourth-order valence-corrected chi connectivity index (χ4v) is 0.790. The van der Waals surface area contributed by atoms with Crippen LogP contribution >= 0.6 is 0 Å². The van der Waals surface area contributed by atoms with E-state index in [-0.39, 0.29) is 5.91 Å². The third kappa shape index (κ3) is 3.53. The van der Waals surface area contributed by atoms with Crippen LogP contribution in [0, 0.1) is 0 Å². The third-order valence-electron chi connectivity index (χ3n) is 1.53. The van der Waals surface area contributed by atoms with Crippen molar-refractivity contribution in [2.75, 3.05) is 13.7 Å². The Kier molecular flexibility index (Phi) is 5.37. The molecule has 0 saturated carbocycles. The van der Waals surface area contributed by atoms with Gasteiger partial charge in [-0.2, -0.15) is 0 Å². The largest absolute Gasteiger partial charge is 0.274 e. The lowest BCUT2D eigenvalue weighted by atomic mass is 10.3. The molecule has 3 heteroatoms. The number of unbranched alkanes of at least 4 members (excludes halogenated alkanes) is 1. The van der Waals surface area contributed by atoms with E-state index in [0.29, 0.717) is 12.1 Å². The Hall–Kier alpha value is -0.830. The van der Waals surface area contributed by atoms with Crippen molar-refractivity contribution >= 4 is 5.91 Å². The second kappa shape index (κ2) is 5.77. The summed E-state index contributed by atoms with van der Waals surface area (Å²) in [5.41, 5.74) is 0.507. The molecule has 70 valence electrons. The van der Waals surface area contributed by atoms with E-state index in [1.54, 1.807) is 6.92 Å².